The van der Waals surface area contributed by atoms with Gasteiger partial charge in [0.05, 0.1) is 25.5 Å². The number of hydrogen-bond donors (Lipinski definition) is 3. The molecule has 0 unspecified atom stereocenters. The van der Waals surface area contributed by atoms with Crippen LogP contribution in [0.15, 0.2) is 29.2 Å². The Bertz CT molecular complexity index is 641. The zero-order chi connectivity index (χ0) is 17.9. The average molecular weight is 348 g/mol. The minimum Gasteiger partial charge on any atom is -0.395 e. The average Bonchev–Trinajstić information content (AvgIpc) is 3.27. The molecule has 0 spiro atoms. The van der Waals surface area contributed by atoms with Crippen molar-refractivity contribution in [1.29, 1.82) is 0 Å². The highest BCUT2D eigenvalue weighted by atomic mass is 16.5. The van der Waals surface area contributed by atoms with E-state index in [-0.39, 0.29) is 18.1 Å². The van der Waals surface area contributed by atoms with Gasteiger partial charge >= 0.3 is 0 Å². The molecule has 0 aromatic carbocycles. The number of aliphatic imine (C=N–C) groups is 1. The summed E-state index contributed by atoms with van der Waals surface area (Å²) in [6.07, 6.45) is 5.78. The van der Waals surface area contributed by atoms with Crippen LogP contribution >= 0.6 is 0 Å². The van der Waals surface area contributed by atoms with E-state index in [1.807, 2.05) is 32.2 Å². The molecule has 1 aromatic rings. The largest absolute Gasteiger partial charge is 0.395 e. The number of aromatic nitrogens is 2. The molecule has 0 bridgehead atoms. The van der Waals surface area contributed by atoms with Gasteiger partial charge in [0, 0.05) is 36.8 Å². The quantitative estimate of drug-likeness (QED) is 0.294. The van der Waals surface area contributed by atoms with Crippen LogP contribution < -0.4 is 11.3 Å². The van der Waals surface area contributed by atoms with E-state index in [1.54, 1.807) is 4.68 Å². The van der Waals surface area contributed by atoms with Gasteiger partial charge in [0.25, 0.3) is 0 Å². The molecule has 2 heterocycles. The molecule has 1 saturated heterocycles. The number of ether oxygens (including phenoxy) is 1. The molecule has 138 valence electrons. The number of hydrogen-bond acceptors (Lipinski definition) is 7. The molecular formula is C17H28N6O2. The fourth-order valence-electron chi connectivity index (χ4n) is 2.96. The van der Waals surface area contributed by atoms with Gasteiger partial charge < -0.3 is 20.2 Å². The van der Waals surface area contributed by atoms with Crippen molar-refractivity contribution in [2.45, 2.75) is 38.1 Å². The lowest BCUT2D eigenvalue weighted by atomic mass is 10.1. The molecule has 1 aromatic heterocycles. The van der Waals surface area contributed by atoms with E-state index in [0.29, 0.717) is 13.2 Å². The summed E-state index contributed by atoms with van der Waals surface area (Å²) in [5, 5.41) is 14.3. The second-order valence-corrected chi connectivity index (χ2v) is 6.94. The number of allylic oxidation sites excluding steroid dienone is 1. The van der Waals surface area contributed by atoms with E-state index in [4.69, 9.17) is 15.6 Å². The van der Waals surface area contributed by atoms with Gasteiger partial charge in [0.1, 0.15) is 5.82 Å². The number of morpholine rings is 1. The Kier molecular flexibility index (Phi) is 5.41. The predicted octanol–water partition coefficient (Wildman–Crippen LogP) is 0.199. The Labute approximate surface area is 148 Å². The van der Waals surface area contributed by atoms with Crippen molar-refractivity contribution in [3.63, 3.8) is 0 Å². The summed E-state index contributed by atoms with van der Waals surface area (Å²) in [5.41, 5.74) is 3.54. The number of nitrogens with one attached hydrogen (secondary N) is 1. The lowest BCUT2D eigenvalue weighted by Gasteiger charge is -2.30. The number of rotatable bonds is 6. The van der Waals surface area contributed by atoms with Crippen LogP contribution in [0.1, 0.15) is 32.4 Å². The first-order valence-electron chi connectivity index (χ1n) is 8.84. The summed E-state index contributed by atoms with van der Waals surface area (Å²) in [5.74, 6) is 7.26. The maximum absolute atomic E-state index is 9.62. The second kappa shape index (κ2) is 7.55. The van der Waals surface area contributed by atoms with Crippen LogP contribution in [0.3, 0.4) is 0 Å². The second-order valence-electron chi connectivity index (χ2n) is 6.94. The van der Waals surface area contributed by atoms with Gasteiger partial charge in [0.2, 0.25) is 0 Å². The summed E-state index contributed by atoms with van der Waals surface area (Å²) < 4.78 is 7.17. The van der Waals surface area contributed by atoms with Crippen LogP contribution in [0.5, 0.6) is 0 Å². The van der Waals surface area contributed by atoms with E-state index in [9.17, 15) is 5.11 Å². The monoisotopic (exact) mass is 348 g/mol. The van der Waals surface area contributed by atoms with Gasteiger partial charge in [-0.15, -0.1) is 0 Å². The molecule has 2 fully saturated rings. The van der Waals surface area contributed by atoms with Crippen molar-refractivity contribution in [3.8, 4) is 0 Å². The van der Waals surface area contributed by atoms with E-state index in [0.717, 1.165) is 43.3 Å². The van der Waals surface area contributed by atoms with Gasteiger partial charge in [-0.05, 0) is 32.8 Å². The van der Waals surface area contributed by atoms with E-state index < -0.39 is 0 Å². The zero-order valence-electron chi connectivity index (χ0n) is 15.0. The number of aliphatic hydroxyl groups is 1. The summed E-state index contributed by atoms with van der Waals surface area (Å²) in [6, 6.07) is 2.09. The lowest BCUT2D eigenvalue weighted by molar-refractivity contribution is 0.0504. The Balaban J connectivity index is 1.88. The number of aliphatic hydroxyl groups excluding tert-OH is 1. The van der Waals surface area contributed by atoms with Crippen molar-refractivity contribution < 1.29 is 9.84 Å². The first kappa shape index (κ1) is 17.9. The minimum atomic E-state index is -0.156. The SMILES string of the molecule is CC(C)N=C(/C=C(\NN)N1CCOCC1)n1ccc(C2(CO)CC2)n1. The highest BCUT2D eigenvalue weighted by Crippen LogP contribution is 2.46. The summed E-state index contributed by atoms with van der Waals surface area (Å²) in [7, 11) is 0. The summed E-state index contributed by atoms with van der Waals surface area (Å²) in [4.78, 5) is 6.83. The number of nitrogens with two attached hydrogens (primary N) is 1. The molecule has 0 amide bonds. The molecule has 3 rings (SSSR count). The molecule has 1 aliphatic heterocycles. The fraction of sp³-hybridized carbons (Fsp3) is 0.647. The third-order valence-electron chi connectivity index (χ3n) is 4.68. The molecule has 1 aliphatic carbocycles. The Morgan fingerprint density at radius 2 is 2.20 bits per heavy atom. The highest BCUT2D eigenvalue weighted by molar-refractivity contribution is 5.94. The molecule has 8 heteroatoms. The van der Waals surface area contributed by atoms with Crippen molar-refractivity contribution in [1.82, 2.24) is 20.1 Å². The normalized spacial score (nSPS) is 20.9. The van der Waals surface area contributed by atoms with Crippen molar-refractivity contribution >= 4 is 5.84 Å². The van der Waals surface area contributed by atoms with Crippen LogP contribution in [-0.4, -0.2) is 64.6 Å². The topological polar surface area (TPSA) is 101 Å². The Morgan fingerprint density at radius 3 is 2.76 bits per heavy atom. The Morgan fingerprint density at radius 1 is 1.48 bits per heavy atom. The molecule has 0 radical (unpaired) electrons. The molecule has 0 atom stereocenters. The van der Waals surface area contributed by atoms with Crippen molar-refractivity contribution in [2.75, 3.05) is 32.9 Å². The third kappa shape index (κ3) is 4.02. The third-order valence-corrected chi connectivity index (χ3v) is 4.68. The van der Waals surface area contributed by atoms with Crippen molar-refractivity contribution in [3.05, 3.63) is 29.9 Å². The highest BCUT2D eigenvalue weighted by Gasteiger charge is 2.45. The molecule has 2 aliphatic rings. The van der Waals surface area contributed by atoms with Gasteiger partial charge in [-0.25, -0.2) is 10.5 Å². The van der Waals surface area contributed by atoms with Crippen LogP contribution in [0, 0.1) is 0 Å². The maximum atomic E-state index is 9.62. The molecular weight excluding hydrogens is 320 g/mol. The van der Waals surface area contributed by atoms with Crippen LogP contribution in [0.2, 0.25) is 0 Å². The fourth-order valence-corrected chi connectivity index (χ4v) is 2.96. The first-order chi connectivity index (χ1) is 12.1. The van der Waals surface area contributed by atoms with Crippen LogP contribution in [0.25, 0.3) is 0 Å². The van der Waals surface area contributed by atoms with Crippen LogP contribution in [-0.2, 0) is 10.2 Å². The molecule has 1 saturated carbocycles. The van der Waals surface area contributed by atoms with Gasteiger partial charge in [0.15, 0.2) is 5.84 Å². The maximum Gasteiger partial charge on any atom is 0.152 e. The van der Waals surface area contributed by atoms with Gasteiger partial charge in [-0.2, -0.15) is 5.10 Å². The molecule has 25 heavy (non-hydrogen) atoms. The van der Waals surface area contributed by atoms with Crippen LogP contribution in [0.4, 0.5) is 0 Å². The summed E-state index contributed by atoms with van der Waals surface area (Å²) in [6.45, 7) is 7.12. The van der Waals surface area contributed by atoms with E-state index in [2.05, 4.69) is 15.4 Å². The molecule has 8 nitrogen and oxygen atoms in total. The zero-order valence-corrected chi connectivity index (χ0v) is 15.0. The molecule has 4 N–H and O–H groups in total. The minimum absolute atomic E-state index is 0.121. The summed E-state index contributed by atoms with van der Waals surface area (Å²) >= 11 is 0. The first-order valence-corrected chi connectivity index (χ1v) is 8.84. The van der Waals surface area contributed by atoms with Gasteiger partial charge in [-0.1, -0.05) is 0 Å². The number of hydrazine groups is 1. The predicted molar refractivity (Wildman–Crippen MR) is 96.0 cm³/mol. The van der Waals surface area contributed by atoms with Gasteiger partial charge in [-0.3, -0.25) is 4.99 Å². The Hall–Kier alpha value is -1.90. The van der Waals surface area contributed by atoms with E-state index in [1.165, 1.54) is 0 Å². The van der Waals surface area contributed by atoms with Crippen molar-refractivity contribution in [2.24, 2.45) is 10.8 Å². The lowest BCUT2D eigenvalue weighted by Crippen LogP contribution is -2.42. The number of nitrogens with zero attached hydrogens (tertiary/aromatic N) is 4. The smallest absolute Gasteiger partial charge is 0.152 e. The standard InChI is InChI=1S/C17H28N6O2/c1-13(2)19-15(11-16(20-18)22-7-9-25-10-8-22)23-6-3-14(21-23)17(12-24)4-5-17/h3,6,11,13,20,24H,4-5,7-10,12,18H2,1-2H3/b16-11+,19-15?. The van der Waals surface area contributed by atoms with E-state index >= 15 is 0 Å².